The number of H-pyrrole nitrogens is 1. The molecule has 62 heavy (non-hydrogen) atoms. The lowest BCUT2D eigenvalue weighted by atomic mass is 9.92. The molecule has 0 aliphatic heterocycles. The number of benzene rings is 8. The minimum absolute atomic E-state index is 0.291. The van der Waals surface area contributed by atoms with Crippen molar-refractivity contribution in [3.8, 4) is 56.3 Å². The van der Waals surface area contributed by atoms with Crippen molar-refractivity contribution >= 4 is 54.6 Å². The van der Waals surface area contributed by atoms with E-state index >= 15 is 0 Å². The van der Waals surface area contributed by atoms with Crippen molar-refractivity contribution in [2.45, 2.75) is 19.8 Å². The number of aromatic amines is 1. The molecule has 0 aliphatic carbocycles. The molecule has 5 nitrogen and oxygen atoms in total. The van der Waals surface area contributed by atoms with Gasteiger partial charge in [-0.2, -0.15) is 0 Å². The summed E-state index contributed by atoms with van der Waals surface area (Å²) < 4.78 is 4.69. The van der Waals surface area contributed by atoms with E-state index in [4.69, 9.17) is 9.97 Å². The van der Waals surface area contributed by atoms with Crippen molar-refractivity contribution < 1.29 is 0 Å². The molecule has 0 bridgehead atoms. The van der Waals surface area contributed by atoms with Crippen LogP contribution in [0.2, 0.25) is 0 Å². The summed E-state index contributed by atoms with van der Waals surface area (Å²) in [7, 11) is 0. The number of rotatable bonds is 7. The van der Waals surface area contributed by atoms with Crippen LogP contribution in [0.25, 0.3) is 111 Å². The highest BCUT2D eigenvalue weighted by atomic mass is 15.1. The monoisotopic (exact) mass is 795 g/mol. The molecule has 12 aromatic rings. The Morgan fingerprint density at radius 1 is 0.468 bits per heavy atom. The summed E-state index contributed by atoms with van der Waals surface area (Å²) in [6.07, 6.45) is 1.94. The van der Waals surface area contributed by atoms with Crippen molar-refractivity contribution in [1.29, 1.82) is 0 Å². The second-order valence-electron chi connectivity index (χ2n) is 16.5. The number of fused-ring (bicyclic) bond motifs is 7. The molecule has 4 heterocycles. The number of nitrogens with zero attached hydrogens (tertiary/aromatic N) is 4. The molecule has 0 saturated heterocycles. The molecule has 12 rings (SSSR count). The Hall–Kier alpha value is -8.02. The lowest BCUT2D eigenvalue weighted by Gasteiger charge is -2.14. The Labute approximate surface area is 359 Å². The van der Waals surface area contributed by atoms with Gasteiger partial charge < -0.3 is 4.98 Å². The van der Waals surface area contributed by atoms with Gasteiger partial charge >= 0.3 is 0 Å². The quantitative estimate of drug-likeness (QED) is 0.175. The summed E-state index contributed by atoms with van der Waals surface area (Å²) in [6, 6.07) is 69.5. The van der Waals surface area contributed by atoms with Crippen LogP contribution < -0.4 is 0 Å². The van der Waals surface area contributed by atoms with Gasteiger partial charge in [-0.25, -0.2) is 9.97 Å². The Bertz CT molecular complexity index is 3650. The molecule has 5 heteroatoms. The summed E-state index contributed by atoms with van der Waals surface area (Å²) in [5.74, 6) is 2.06. The fraction of sp³-hybridized carbons (Fsp3) is 0.0526. The predicted molar refractivity (Wildman–Crippen MR) is 258 cm³/mol. The Morgan fingerprint density at radius 3 is 1.94 bits per heavy atom. The highest BCUT2D eigenvalue weighted by Gasteiger charge is 2.23. The third-order valence-corrected chi connectivity index (χ3v) is 12.5. The van der Waals surface area contributed by atoms with Crippen molar-refractivity contribution in [3.63, 3.8) is 0 Å². The molecule has 4 aromatic heterocycles. The van der Waals surface area contributed by atoms with Crippen LogP contribution in [0.1, 0.15) is 25.3 Å². The molecule has 0 aliphatic rings. The normalized spacial score (nSPS) is 11.9. The number of para-hydroxylation sites is 4. The number of aromatic nitrogens is 5. The average Bonchev–Trinajstić information content (AvgIpc) is 4.02. The van der Waals surface area contributed by atoms with E-state index in [9.17, 15) is 0 Å². The van der Waals surface area contributed by atoms with Gasteiger partial charge in [0.1, 0.15) is 11.6 Å². The SMILES string of the molecule is CC(C)c1cc(-c2ccccc2)cc2c1c1ccc(-c3cccc4c3nc(-c3cccc5c3[nH]c3ccccc35)n4-c3ccccc3)cc1n2-c1cc(-c2ccccc2)ccn1. The Kier molecular flexibility index (Phi) is 8.29. The molecule has 0 amide bonds. The van der Waals surface area contributed by atoms with Crippen LogP contribution >= 0.6 is 0 Å². The van der Waals surface area contributed by atoms with Crippen LogP contribution in [0.3, 0.4) is 0 Å². The molecule has 0 saturated carbocycles. The minimum atomic E-state index is 0.291. The number of hydrogen-bond donors (Lipinski definition) is 1. The van der Waals surface area contributed by atoms with Gasteiger partial charge in [-0.1, -0.05) is 153 Å². The molecule has 0 atom stereocenters. The van der Waals surface area contributed by atoms with Gasteiger partial charge in [-0.3, -0.25) is 9.13 Å². The molecule has 8 aromatic carbocycles. The van der Waals surface area contributed by atoms with E-state index in [1.54, 1.807) is 0 Å². The second-order valence-corrected chi connectivity index (χ2v) is 16.5. The summed E-state index contributed by atoms with van der Waals surface area (Å²) >= 11 is 0. The minimum Gasteiger partial charge on any atom is -0.354 e. The second kappa shape index (κ2) is 14.3. The van der Waals surface area contributed by atoms with Gasteiger partial charge in [0.25, 0.3) is 0 Å². The van der Waals surface area contributed by atoms with E-state index in [2.05, 4.69) is 222 Å². The van der Waals surface area contributed by atoms with Crippen LogP contribution in [0.5, 0.6) is 0 Å². The van der Waals surface area contributed by atoms with E-state index < -0.39 is 0 Å². The Balaban J connectivity index is 1.14. The average molecular weight is 796 g/mol. The first-order chi connectivity index (χ1) is 30.6. The maximum absolute atomic E-state index is 5.61. The first-order valence-corrected chi connectivity index (χ1v) is 21.4. The summed E-state index contributed by atoms with van der Waals surface area (Å²) in [4.78, 5) is 14.5. The third-order valence-electron chi connectivity index (χ3n) is 12.5. The van der Waals surface area contributed by atoms with Gasteiger partial charge in [-0.15, -0.1) is 0 Å². The van der Waals surface area contributed by atoms with E-state index in [0.29, 0.717) is 5.92 Å². The highest BCUT2D eigenvalue weighted by molar-refractivity contribution is 6.14. The number of imidazole rings is 1. The largest absolute Gasteiger partial charge is 0.354 e. The van der Waals surface area contributed by atoms with Crippen molar-refractivity contribution in [2.75, 3.05) is 0 Å². The topological polar surface area (TPSA) is 51.4 Å². The summed E-state index contributed by atoms with van der Waals surface area (Å²) in [5, 5.41) is 4.85. The zero-order chi connectivity index (χ0) is 41.3. The molecule has 0 radical (unpaired) electrons. The van der Waals surface area contributed by atoms with Crippen LogP contribution in [0, 0.1) is 0 Å². The third kappa shape index (κ3) is 5.70. The van der Waals surface area contributed by atoms with Crippen molar-refractivity contribution in [3.05, 3.63) is 206 Å². The summed E-state index contributed by atoms with van der Waals surface area (Å²) in [6.45, 7) is 4.60. The fourth-order valence-corrected chi connectivity index (χ4v) is 9.60. The standard InChI is InChI=1S/C57H41N5/c1-36(2)48-32-41(38-18-8-4-9-19-38)34-52-54(48)46-29-28-40(33-51(46)62(52)53-35-39(30-31-58-53)37-16-6-3-7-17-37)43-23-15-27-50-56(43)60-57(61(50)42-20-10-5-11-21-42)47-25-14-24-45-44-22-12-13-26-49(44)59-55(45)47/h3-36,59H,1-2H3. The summed E-state index contributed by atoms with van der Waals surface area (Å²) in [5.41, 5.74) is 16.7. The molecule has 0 spiro atoms. The van der Waals surface area contributed by atoms with Gasteiger partial charge in [0.2, 0.25) is 0 Å². The van der Waals surface area contributed by atoms with Gasteiger partial charge in [-0.05, 0) is 93.9 Å². The van der Waals surface area contributed by atoms with Crippen LogP contribution in [-0.2, 0) is 0 Å². The van der Waals surface area contributed by atoms with Gasteiger partial charge in [0.05, 0.1) is 27.6 Å². The fourth-order valence-electron chi connectivity index (χ4n) is 9.60. The van der Waals surface area contributed by atoms with Gasteiger partial charge in [0, 0.05) is 50.1 Å². The maximum Gasteiger partial charge on any atom is 0.147 e. The number of nitrogens with one attached hydrogen (secondary N) is 1. The molecule has 294 valence electrons. The van der Waals surface area contributed by atoms with Crippen molar-refractivity contribution in [2.24, 2.45) is 0 Å². The highest BCUT2D eigenvalue weighted by Crippen LogP contribution is 2.43. The number of pyridine rings is 1. The zero-order valence-corrected chi connectivity index (χ0v) is 34.4. The van der Waals surface area contributed by atoms with Crippen LogP contribution in [-0.4, -0.2) is 24.1 Å². The molecule has 0 fully saturated rings. The van der Waals surface area contributed by atoms with Gasteiger partial charge in [0.15, 0.2) is 0 Å². The molecule has 0 unspecified atom stereocenters. The van der Waals surface area contributed by atoms with E-state index in [1.807, 2.05) is 6.20 Å². The first kappa shape index (κ1) is 35.9. The smallest absolute Gasteiger partial charge is 0.147 e. The van der Waals surface area contributed by atoms with Crippen LogP contribution in [0.15, 0.2) is 200 Å². The van der Waals surface area contributed by atoms with Crippen LogP contribution in [0.4, 0.5) is 0 Å². The van der Waals surface area contributed by atoms with E-state index in [0.717, 1.165) is 78.2 Å². The van der Waals surface area contributed by atoms with E-state index in [-0.39, 0.29) is 0 Å². The molecular weight excluding hydrogens is 755 g/mol. The molecular formula is C57H41N5. The number of hydrogen-bond acceptors (Lipinski definition) is 2. The predicted octanol–water partition coefficient (Wildman–Crippen LogP) is 14.9. The van der Waals surface area contributed by atoms with E-state index in [1.165, 1.54) is 38.2 Å². The first-order valence-electron chi connectivity index (χ1n) is 21.4. The van der Waals surface area contributed by atoms with Crippen molar-refractivity contribution in [1.82, 2.24) is 24.1 Å². The zero-order valence-electron chi connectivity index (χ0n) is 34.4. The maximum atomic E-state index is 5.61. The lowest BCUT2D eigenvalue weighted by Crippen LogP contribution is -1.99. The molecule has 1 N–H and O–H groups in total. The Morgan fingerprint density at radius 2 is 1.15 bits per heavy atom. The lowest BCUT2D eigenvalue weighted by molar-refractivity contribution is 0.877.